The monoisotopic (exact) mass is 1450 g/mol. The summed E-state index contributed by atoms with van der Waals surface area (Å²) in [6.45, 7) is 2.29. The molecule has 17 nitrogen and oxygen atoms in total. The highest BCUT2D eigenvalue weighted by Gasteiger charge is 2.29. The zero-order chi connectivity index (χ0) is 72.9. The maximum absolute atomic E-state index is 13.1. The summed E-state index contributed by atoms with van der Waals surface area (Å²) in [4.78, 5) is 68.1. The average Bonchev–Trinajstić information content (AvgIpc) is 0.947. The lowest BCUT2D eigenvalue weighted by atomic mass is 10.1. The van der Waals surface area contributed by atoms with Gasteiger partial charge in [0.25, 0.3) is 0 Å². The van der Waals surface area contributed by atoms with E-state index in [1.54, 1.807) is 0 Å². The van der Waals surface area contributed by atoms with Crippen molar-refractivity contribution >= 4 is 40.2 Å². The highest BCUT2D eigenvalue weighted by Crippen LogP contribution is 2.45. The van der Waals surface area contributed by atoms with E-state index in [4.69, 9.17) is 37.0 Å². The number of hydrogen-bond acceptors (Lipinski definition) is 15. The molecule has 0 aromatic rings. The SMILES string of the molecule is CCCCC/C=C\C/C=C\CCCCCCCC(=O)OC[C@H](COP(=O)(O)OC[C@@H](O)COP(=O)(O)OC[C@@H](COCCCCCCCCC/C=C\CCCCCCC=O)OC(=O)CCCCCCC/C=C\C/C=C\CCCCC)OCCCCCCCCC/C=C\CCCCCCC=O. The van der Waals surface area contributed by atoms with Gasteiger partial charge >= 0.3 is 27.6 Å². The molecule has 0 rings (SSSR count). The molecule has 0 aliphatic carbocycles. The van der Waals surface area contributed by atoms with E-state index >= 15 is 0 Å². The zero-order valence-corrected chi connectivity index (χ0v) is 65.0. The van der Waals surface area contributed by atoms with Gasteiger partial charge in [-0.3, -0.25) is 27.7 Å². The van der Waals surface area contributed by atoms with Crippen molar-refractivity contribution in [2.24, 2.45) is 0 Å². The van der Waals surface area contributed by atoms with Crippen LogP contribution in [0.25, 0.3) is 0 Å². The molecule has 0 saturated heterocycles. The van der Waals surface area contributed by atoms with Crippen molar-refractivity contribution in [3.63, 3.8) is 0 Å². The van der Waals surface area contributed by atoms with Gasteiger partial charge in [0.15, 0.2) is 0 Å². The van der Waals surface area contributed by atoms with Crippen LogP contribution in [0, 0.1) is 0 Å². The summed E-state index contributed by atoms with van der Waals surface area (Å²) >= 11 is 0. The molecule has 0 aliphatic rings. The zero-order valence-electron chi connectivity index (χ0n) is 63.2. The van der Waals surface area contributed by atoms with Gasteiger partial charge in [0.05, 0.1) is 33.0 Å². The highest BCUT2D eigenvalue weighted by molar-refractivity contribution is 7.47. The summed E-state index contributed by atoms with van der Waals surface area (Å²) < 4.78 is 70.0. The van der Waals surface area contributed by atoms with E-state index < -0.39 is 72.3 Å². The third kappa shape index (κ3) is 76.0. The number of ether oxygens (including phenoxy) is 4. The van der Waals surface area contributed by atoms with Crippen molar-refractivity contribution in [3.05, 3.63) is 72.9 Å². The van der Waals surface area contributed by atoms with Crippen molar-refractivity contribution in [3.8, 4) is 0 Å². The second-order valence-electron chi connectivity index (χ2n) is 26.9. The summed E-state index contributed by atoms with van der Waals surface area (Å²) in [5.41, 5.74) is 0. The summed E-state index contributed by atoms with van der Waals surface area (Å²) in [6, 6.07) is 0. The summed E-state index contributed by atoms with van der Waals surface area (Å²) in [5, 5.41) is 10.7. The minimum absolute atomic E-state index is 0.0673. The van der Waals surface area contributed by atoms with E-state index in [0.29, 0.717) is 38.9 Å². The first-order valence-electron chi connectivity index (χ1n) is 40.1. The predicted octanol–water partition coefficient (Wildman–Crippen LogP) is 22.5. The fraction of sp³-hybridized carbons (Fsp3) is 0.802. The maximum Gasteiger partial charge on any atom is 0.472 e. The summed E-state index contributed by atoms with van der Waals surface area (Å²) in [5.74, 6) is -0.870. The molecule has 2 unspecified atom stereocenters. The second-order valence-corrected chi connectivity index (χ2v) is 29.8. The minimum Gasteiger partial charge on any atom is -0.463 e. The standard InChI is InChI=1S/C81H146O17P2/c1-3-5-7-9-11-13-15-17-23-29-35-41-47-53-59-65-80(85)93-74-78(92-70-64-58-52-46-40-34-28-22-20-26-32-38-44-50-56-62-68-83)75-96-99(87,88)94-71-77(84)72-95-100(89,90)97-76-79(98-81(86)66-60-54-48-42-36-30-24-18-16-14-12-10-8-6-4-2)73-91-69-63-57-51-45-39-33-27-21-19-25-31-37-43-49-55-61-67-82/h11-14,17-20,23-26,67-68,77-79,84H,3-10,15-16,21-22,27-66,69-76H2,1-2H3,(H,87,88)(H,89,90)/b13-11-,14-12-,23-17-,24-18-,25-19-,26-20-/t77-,78-,79-/m1/s1. The molecule has 0 fully saturated rings. The molecule has 0 heterocycles. The first kappa shape index (κ1) is 96.8. The molecule has 0 saturated carbocycles. The topological polar surface area (TPSA) is 237 Å². The summed E-state index contributed by atoms with van der Waals surface area (Å²) in [7, 11) is -9.69. The molecule has 5 atom stereocenters. The largest absolute Gasteiger partial charge is 0.472 e. The van der Waals surface area contributed by atoms with E-state index in [-0.39, 0.29) is 26.1 Å². The Bertz CT molecular complexity index is 2110. The molecule has 0 spiro atoms. The van der Waals surface area contributed by atoms with Crippen LogP contribution in [-0.2, 0) is 65.4 Å². The maximum atomic E-state index is 13.1. The fourth-order valence-corrected chi connectivity index (χ4v) is 12.6. The molecule has 100 heavy (non-hydrogen) atoms. The Kier molecular flexibility index (Phi) is 74.5. The van der Waals surface area contributed by atoms with Crippen LogP contribution >= 0.6 is 15.6 Å². The van der Waals surface area contributed by atoms with Gasteiger partial charge in [-0.15, -0.1) is 0 Å². The summed E-state index contributed by atoms with van der Waals surface area (Å²) in [6.07, 6.45) is 78.5. The Morgan fingerprint density at radius 3 is 1.01 bits per heavy atom. The Balaban J connectivity index is 5.22. The lowest BCUT2D eigenvalue weighted by molar-refractivity contribution is -0.154. The van der Waals surface area contributed by atoms with Crippen molar-refractivity contribution in [1.29, 1.82) is 0 Å². The Hall–Kier alpha value is -3.18. The number of aliphatic hydroxyl groups excluding tert-OH is 1. The number of rotatable bonds is 80. The lowest BCUT2D eigenvalue weighted by Gasteiger charge is -2.21. The molecule has 0 aliphatic heterocycles. The molecule has 3 N–H and O–H groups in total. The van der Waals surface area contributed by atoms with Gasteiger partial charge in [-0.1, -0.05) is 241 Å². The molecular formula is C81H146O17P2. The predicted molar refractivity (Wildman–Crippen MR) is 409 cm³/mol. The van der Waals surface area contributed by atoms with Crippen LogP contribution < -0.4 is 0 Å². The molecule has 0 aromatic carbocycles. The normalized spacial score (nSPS) is 14.3. The van der Waals surface area contributed by atoms with Crippen LogP contribution in [0.2, 0.25) is 0 Å². The van der Waals surface area contributed by atoms with Crippen molar-refractivity contribution in [2.75, 3.05) is 52.9 Å². The molecule has 0 bridgehead atoms. The number of aldehydes is 2. The van der Waals surface area contributed by atoms with Gasteiger partial charge < -0.3 is 43.4 Å². The average molecular weight is 1450 g/mol. The third-order valence-corrected chi connectivity index (χ3v) is 19.1. The van der Waals surface area contributed by atoms with E-state index in [1.165, 1.54) is 89.9 Å². The Morgan fingerprint density at radius 2 is 0.630 bits per heavy atom. The fourth-order valence-electron chi connectivity index (χ4n) is 11.0. The van der Waals surface area contributed by atoms with Gasteiger partial charge in [0, 0.05) is 38.9 Å². The molecule has 19 heteroatoms. The third-order valence-electron chi connectivity index (χ3n) is 17.1. The smallest absolute Gasteiger partial charge is 0.463 e. The molecular weight excluding hydrogens is 1310 g/mol. The molecule has 0 radical (unpaired) electrons. The lowest BCUT2D eigenvalue weighted by Crippen LogP contribution is -2.29. The number of allylic oxidation sites excluding steroid dienone is 12. The number of aliphatic hydroxyl groups is 1. The van der Waals surface area contributed by atoms with Crippen molar-refractivity contribution in [1.82, 2.24) is 0 Å². The van der Waals surface area contributed by atoms with Crippen molar-refractivity contribution in [2.45, 2.75) is 366 Å². The molecule has 0 amide bonds. The molecule has 582 valence electrons. The van der Waals surface area contributed by atoms with Crippen LogP contribution in [-0.4, -0.2) is 111 Å². The van der Waals surface area contributed by atoms with Gasteiger partial charge in [-0.2, -0.15) is 0 Å². The number of esters is 2. The number of hydrogen-bond donors (Lipinski definition) is 3. The first-order chi connectivity index (χ1) is 48.9. The number of phosphoric acid groups is 2. The van der Waals surface area contributed by atoms with E-state index in [1.807, 2.05) is 0 Å². The number of phosphoric ester groups is 2. The van der Waals surface area contributed by atoms with Crippen molar-refractivity contribution < 1.29 is 80.2 Å². The van der Waals surface area contributed by atoms with E-state index in [0.717, 1.165) is 218 Å². The Labute approximate surface area is 609 Å². The Morgan fingerprint density at radius 1 is 0.330 bits per heavy atom. The van der Waals surface area contributed by atoms with Crippen LogP contribution in [0.4, 0.5) is 0 Å². The van der Waals surface area contributed by atoms with E-state index in [2.05, 4.69) is 86.8 Å². The van der Waals surface area contributed by atoms with Gasteiger partial charge in [-0.25, -0.2) is 9.13 Å². The van der Waals surface area contributed by atoms with Crippen LogP contribution in [0.5, 0.6) is 0 Å². The second kappa shape index (κ2) is 76.9. The van der Waals surface area contributed by atoms with Gasteiger partial charge in [0.2, 0.25) is 0 Å². The van der Waals surface area contributed by atoms with E-state index in [9.17, 15) is 43.2 Å². The minimum atomic E-state index is -4.86. The number of unbranched alkanes of at least 4 members (excludes halogenated alkanes) is 40. The van der Waals surface area contributed by atoms with Crippen LogP contribution in [0.3, 0.4) is 0 Å². The molecule has 0 aromatic heterocycles. The van der Waals surface area contributed by atoms with Gasteiger partial charge in [-0.05, 0) is 154 Å². The van der Waals surface area contributed by atoms with Crippen LogP contribution in [0.15, 0.2) is 72.9 Å². The van der Waals surface area contributed by atoms with Gasteiger partial charge in [0.1, 0.15) is 37.5 Å². The number of carbonyl (C=O) groups is 4. The number of carbonyl (C=O) groups excluding carboxylic acids is 4. The highest BCUT2D eigenvalue weighted by atomic mass is 31.2. The van der Waals surface area contributed by atoms with Crippen LogP contribution in [0.1, 0.15) is 348 Å². The quantitative estimate of drug-likeness (QED) is 0.0169. The first-order valence-corrected chi connectivity index (χ1v) is 43.1.